The maximum absolute atomic E-state index is 5.40. The first-order valence-corrected chi connectivity index (χ1v) is 9.83. The van der Waals surface area contributed by atoms with Crippen molar-refractivity contribution in [2.75, 3.05) is 0 Å². The molecular weight excluding hydrogens is 366 g/mol. The summed E-state index contributed by atoms with van der Waals surface area (Å²) < 4.78 is 8.67. The summed E-state index contributed by atoms with van der Waals surface area (Å²) in [6.07, 6.45) is 0. The van der Waals surface area contributed by atoms with Gasteiger partial charge in [-0.25, -0.2) is 0 Å². The highest BCUT2D eigenvalue weighted by atomic mass is 32.2. The zero-order valence-corrected chi connectivity index (χ0v) is 15.4. The Bertz CT molecular complexity index is 1220. The number of benzene rings is 2. The summed E-state index contributed by atoms with van der Waals surface area (Å²) in [4.78, 5) is 5.39. The molecule has 0 N–H and O–H groups in total. The van der Waals surface area contributed by atoms with E-state index < -0.39 is 0 Å². The van der Waals surface area contributed by atoms with E-state index in [1.54, 1.807) is 23.1 Å². The zero-order chi connectivity index (χ0) is 17.5. The minimum atomic E-state index is 0.545. The van der Waals surface area contributed by atoms with Crippen molar-refractivity contribution in [3.05, 3.63) is 60.0 Å². The standard InChI is InChI=1S/C18H13N5OS2/c1-11-5-4-6-12(9-11)16-19-15(24-22-16)10-25-17-20-21-18-23(17)13-7-2-3-8-14(13)26-18/h2-9H,10H2,1H3. The van der Waals surface area contributed by atoms with Gasteiger partial charge in [0.25, 0.3) is 0 Å². The molecule has 128 valence electrons. The molecule has 26 heavy (non-hydrogen) atoms. The number of para-hydroxylation sites is 1. The van der Waals surface area contributed by atoms with Gasteiger partial charge < -0.3 is 4.52 Å². The Balaban J connectivity index is 1.41. The van der Waals surface area contributed by atoms with Gasteiger partial charge in [0.15, 0.2) is 5.16 Å². The highest BCUT2D eigenvalue weighted by Crippen LogP contribution is 2.30. The smallest absolute Gasteiger partial charge is 0.237 e. The van der Waals surface area contributed by atoms with Crippen molar-refractivity contribution >= 4 is 38.3 Å². The Hall–Kier alpha value is -2.71. The van der Waals surface area contributed by atoms with Gasteiger partial charge >= 0.3 is 0 Å². The largest absolute Gasteiger partial charge is 0.338 e. The molecule has 0 unspecified atom stereocenters. The first kappa shape index (κ1) is 15.5. The second kappa shape index (κ2) is 6.22. The highest BCUT2D eigenvalue weighted by Gasteiger charge is 2.15. The van der Waals surface area contributed by atoms with Gasteiger partial charge in [-0.05, 0) is 25.1 Å². The van der Waals surface area contributed by atoms with Gasteiger partial charge in [0.1, 0.15) is 0 Å². The van der Waals surface area contributed by atoms with Crippen LogP contribution in [0, 0.1) is 6.92 Å². The molecule has 2 aromatic carbocycles. The van der Waals surface area contributed by atoms with Crippen molar-refractivity contribution in [3.63, 3.8) is 0 Å². The first-order chi connectivity index (χ1) is 12.8. The van der Waals surface area contributed by atoms with Crippen LogP contribution in [0.25, 0.3) is 26.6 Å². The number of aromatic nitrogens is 5. The van der Waals surface area contributed by atoms with Crippen molar-refractivity contribution in [1.82, 2.24) is 24.7 Å². The van der Waals surface area contributed by atoms with Gasteiger partial charge in [-0.2, -0.15) is 4.98 Å². The fourth-order valence-corrected chi connectivity index (χ4v) is 4.60. The molecule has 6 nitrogen and oxygen atoms in total. The molecule has 0 amide bonds. The topological polar surface area (TPSA) is 69.1 Å². The van der Waals surface area contributed by atoms with E-state index >= 15 is 0 Å². The van der Waals surface area contributed by atoms with Gasteiger partial charge in [-0.3, -0.25) is 4.40 Å². The van der Waals surface area contributed by atoms with Gasteiger partial charge in [0.2, 0.25) is 16.7 Å². The number of thioether (sulfide) groups is 1. The van der Waals surface area contributed by atoms with E-state index in [9.17, 15) is 0 Å². The van der Waals surface area contributed by atoms with Crippen LogP contribution in [0.15, 0.2) is 58.2 Å². The zero-order valence-electron chi connectivity index (χ0n) is 13.8. The van der Waals surface area contributed by atoms with Crippen LogP contribution < -0.4 is 0 Å². The minimum Gasteiger partial charge on any atom is -0.338 e. The summed E-state index contributed by atoms with van der Waals surface area (Å²) in [5, 5.41) is 13.5. The molecule has 0 radical (unpaired) electrons. The van der Waals surface area contributed by atoms with Crippen LogP contribution in [0.3, 0.4) is 0 Å². The summed E-state index contributed by atoms with van der Waals surface area (Å²) in [5.74, 6) is 1.73. The van der Waals surface area contributed by atoms with E-state index in [0.717, 1.165) is 21.2 Å². The lowest BCUT2D eigenvalue weighted by molar-refractivity contribution is 0.391. The van der Waals surface area contributed by atoms with Crippen molar-refractivity contribution in [2.24, 2.45) is 0 Å². The lowest BCUT2D eigenvalue weighted by Gasteiger charge is -1.96. The van der Waals surface area contributed by atoms with Crippen molar-refractivity contribution in [2.45, 2.75) is 17.8 Å². The lowest BCUT2D eigenvalue weighted by Crippen LogP contribution is -1.88. The summed E-state index contributed by atoms with van der Waals surface area (Å²) >= 11 is 3.17. The van der Waals surface area contributed by atoms with E-state index in [1.165, 1.54) is 10.3 Å². The second-order valence-corrected chi connectivity index (χ2v) is 7.79. The SMILES string of the molecule is Cc1cccc(-c2noc(CSc3nnc4sc5ccccc5n34)n2)c1. The molecule has 3 heterocycles. The summed E-state index contributed by atoms with van der Waals surface area (Å²) in [6, 6.07) is 16.3. The minimum absolute atomic E-state index is 0.545. The number of aryl methyl sites for hydroxylation is 1. The molecule has 0 aliphatic carbocycles. The van der Waals surface area contributed by atoms with Crippen molar-refractivity contribution in [1.29, 1.82) is 0 Å². The van der Waals surface area contributed by atoms with Crippen molar-refractivity contribution < 1.29 is 4.52 Å². The molecule has 0 fully saturated rings. The van der Waals surface area contributed by atoms with Crippen LogP contribution in [-0.4, -0.2) is 24.7 Å². The summed E-state index contributed by atoms with van der Waals surface area (Å²) in [6.45, 7) is 2.04. The number of thiazole rings is 1. The summed E-state index contributed by atoms with van der Waals surface area (Å²) in [7, 11) is 0. The van der Waals surface area contributed by atoms with Crippen LogP contribution in [0.1, 0.15) is 11.5 Å². The molecule has 0 atom stereocenters. The molecule has 0 aliphatic heterocycles. The lowest BCUT2D eigenvalue weighted by atomic mass is 10.1. The van der Waals surface area contributed by atoms with E-state index in [0.29, 0.717) is 17.5 Å². The molecule has 0 bridgehead atoms. The summed E-state index contributed by atoms with van der Waals surface area (Å²) in [5.41, 5.74) is 3.24. The number of rotatable bonds is 4. The Morgan fingerprint density at radius 3 is 2.96 bits per heavy atom. The van der Waals surface area contributed by atoms with E-state index in [1.807, 2.05) is 43.3 Å². The van der Waals surface area contributed by atoms with Crippen LogP contribution >= 0.6 is 23.1 Å². The van der Waals surface area contributed by atoms with Crippen LogP contribution in [0.5, 0.6) is 0 Å². The predicted molar refractivity (Wildman–Crippen MR) is 102 cm³/mol. The molecule has 5 rings (SSSR count). The van der Waals surface area contributed by atoms with Crippen LogP contribution in [0.2, 0.25) is 0 Å². The third-order valence-electron chi connectivity index (χ3n) is 3.98. The van der Waals surface area contributed by atoms with Crippen molar-refractivity contribution in [3.8, 4) is 11.4 Å². The van der Waals surface area contributed by atoms with Crippen LogP contribution in [-0.2, 0) is 5.75 Å². The molecule has 0 aliphatic rings. The normalized spacial score (nSPS) is 11.6. The highest BCUT2D eigenvalue weighted by molar-refractivity contribution is 7.98. The fourth-order valence-electron chi connectivity index (χ4n) is 2.79. The van der Waals surface area contributed by atoms with E-state index in [2.05, 4.69) is 36.9 Å². The predicted octanol–water partition coefficient (Wildman–Crippen LogP) is 4.59. The average molecular weight is 379 g/mol. The number of hydrogen-bond donors (Lipinski definition) is 0. The molecule has 0 saturated heterocycles. The molecule has 5 aromatic rings. The first-order valence-electron chi connectivity index (χ1n) is 8.03. The van der Waals surface area contributed by atoms with Gasteiger partial charge in [-0.15, -0.1) is 10.2 Å². The molecule has 8 heteroatoms. The fraction of sp³-hybridized carbons (Fsp3) is 0.111. The second-order valence-electron chi connectivity index (χ2n) is 5.84. The van der Waals surface area contributed by atoms with E-state index in [4.69, 9.17) is 4.52 Å². The Labute approximate surface area is 156 Å². The van der Waals surface area contributed by atoms with Gasteiger partial charge in [0.05, 0.1) is 16.0 Å². The van der Waals surface area contributed by atoms with Gasteiger partial charge in [0, 0.05) is 5.56 Å². The number of hydrogen-bond acceptors (Lipinski definition) is 7. The molecule has 3 aromatic heterocycles. The monoisotopic (exact) mass is 379 g/mol. The Morgan fingerprint density at radius 2 is 2.04 bits per heavy atom. The number of nitrogens with zero attached hydrogens (tertiary/aromatic N) is 5. The third-order valence-corrected chi connectivity index (χ3v) is 5.91. The van der Waals surface area contributed by atoms with Crippen LogP contribution in [0.4, 0.5) is 0 Å². The Kier molecular flexibility index (Phi) is 3.72. The molecule has 0 saturated carbocycles. The maximum Gasteiger partial charge on any atom is 0.237 e. The van der Waals surface area contributed by atoms with E-state index in [-0.39, 0.29) is 0 Å². The molecule has 0 spiro atoms. The maximum atomic E-state index is 5.40. The quantitative estimate of drug-likeness (QED) is 0.425. The third kappa shape index (κ3) is 2.67. The molecular formula is C18H13N5OS2. The Morgan fingerprint density at radius 1 is 1.12 bits per heavy atom. The average Bonchev–Trinajstić information content (AvgIpc) is 3.35. The number of fused-ring (bicyclic) bond motifs is 3. The van der Waals surface area contributed by atoms with Gasteiger partial charge in [-0.1, -0.05) is 64.2 Å².